The molecule has 2 aromatic carbocycles. The van der Waals surface area contributed by atoms with Crippen LogP contribution in [-0.2, 0) is 20.7 Å². The lowest BCUT2D eigenvalue weighted by atomic mass is 9.92. The SMILES string of the molecule is COC(=O)CCCOc1ccc(Cc2cc([C@@H]3O[C@H](SC)[C@@H](O)[C@H](O)[C@H]3O)ccc2Cl)cc1. The Kier molecular flexibility index (Phi) is 9.43. The molecule has 3 rings (SSSR count). The van der Waals surface area contributed by atoms with Crippen molar-refractivity contribution in [3.8, 4) is 5.75 Å². The van der Waals surface area contributed by atoms with Gasteiger partial charge >= 0.3 is 5.97 Å². The maximum absolute atomic E-state index is 11.1. The predicted molar refractivity (Wildman–Crippen MR) is 127 cm³/mol. The molecule has 0 saturated carbocycles. The van der Waals surface area contributed by atoms with E-state index in [2.05, 4.69) is 4.74 Å². The Labute approximate surface area is 202 Å². The third-order valence-electron chi connectivity index (χ3n) is 5.54. The van der Waals surface area contributed by atoms with E-state index in [-0.39, 0.29) is 5.97 Å². The number of halogens is 1. The minimum atomic E-state index is -1.31. The van der Waals surface area contributed by atoms with Crippen molar-refractivity contribution in [3.05, 3.63) is 64.2 Å². The third-order valence-corrected chi connectivity index (χ3v) is 6.76. The van der Waals surface area contributed by atoms with Gasteiger partial charge < -0.3 is 29.5 Å². The van der Waals surface area contributed by atoms with Crippen molar-refractivity contribution in [2.24, 2.45) is 0 Å². The number of ether oxygens (including phenoxy) is 3. The second-order valence-corrected chi connectivity index (χ2v) is 9.18. The van der Waals surface area contributed by atoms with Crippen LogP contribution in [0.5, 0.6) is 5.75 Å². The van der Waals surface area contributed by atoms with Gasteiger partial charge in [0.2, 0.25) is 0 Å². The summed E-state index contributed by atoms with van der Waals surface area (Å²) in [5, 5.41) is 31.4. The molecule has 180 valence electrons. The second-order valence-electron chi connectivity index (χ2n) is 7.83. The van der Waals surface area contributed by atoms with Crippen molar-refractivity contribution in [2.75, 3.05) is 20.0 Å². The van der Waals surface area contributed by atoms with Gasteiger partial charge in [-0.2, -0.15) is 0 Å². The first-order valence-electron chi connectivity index (χ1n) is 10.6. The zero-order chi connectivity index (χ0) is 24.0. The fraction of sp³-hybridized carbons (Fsp3) is 0.458. The molecule has 0 unspecified atom stereocenters. The molecule has 1 fully saturated rings. The standard InChI is InChI=1S/C24H29ClO7S/c1-30-19(26)4-3-11-31-17-8-5-14(6-9-17)12-16-13-15(7-10-18(16)25)23-21(28)20(27)22(29)24(32-23)33-2/h5-10,13,20-24,27-29H,3-4,11-12H2,1-2H3/t20-,21-,22+,23+,24-/m1/s1. The Morgan fingerprint density at radius 1 is 1.09 bits per heavy atom. The number of aliphatic hydroxyl groups excluding tert-OH is 3. The lowest BCUT2D eigenvalue weighted by Crippen LogP contribution is -2.52. The van der Waals surface area contributed by atoms with E-state index in [9.17, 15) is 20.1 Å². The smallest absolute Gasteiger partial charge is 0.305 e. The monoisotopic (exact) mass is 496 g/mol. The highest BCUT2D eigenvalue weighted by molar-refractivity contribution is 7.99. The molecule has 5 atom stereocenters. The first-order valence-corrected chi connectivity index (χ1v) is 12.3. The topological polar surface area (TPSA) is 105 Å². The molecule has 2 aromatic rings. The molecule has 1 saturated heterocycles. The Morgan fingerprint density at radius 3 is 2.48 bits per heavy atom. The first-order chi connectivity index (χ1) is 15.8. The number of hydrogen-bond donors (Lipinski definition) is 3. The molecule has 0 aliphatic carbocycles. The summed E-state index contributed by atoms with van der Waals surface area (Å²) in [5.74, 6) is 0.451. The van der Waals surface area contributed by atoms with E-state index in [0.29, 0.717) is 42.2 Å². The van der Waals surface area contributed by atoms with Gasteiger partial charge in [0.25, 0.3) is 0 Å². The van der Waals surface area contributed by atoms with Crippen LogP contribution in [0.15, 0.2) is 42.5 Å². The first kappa shape index (κ1) is 25.8. The minimum Gasteiger partial charge on any atom is -0.494 e. The zero-order valence-corrected chi connectivity index (χ0v) is 20.1. The van der Waals surface area contributed by atoms with Crippen LogP contribution in [-0.4, -0.2) is 65.0 Å². The number of carbonyl (C=O) groups is 1. The number of hydrogen-bond acceptors (Lipinski definition) is 8. The quantitative estimate of drug-likeness (QED) is 0.359. The van der Waals surface area contributed by atoms with E-state index in [0.717, 1.165) is 11.1 Å². The molecule has 0 amide bonds. The molecule has 0 bridgehead atoms. The molecule has 0 radical (unpaired) electrons. The number of thioether (sulfide) groups is 1. The summed E-state index contributed by atoms with van der Waals surface area (Å²) in [6.45, 7) is 0.420. The van der Waals surface area contributed by atoms with Crippen LogP contribution in [0.25, 0.3) is 0 Å². The second kappa shape index (κ2) is 12.1. The van der Waals surface area contributed by atoms with Gasteiger partial charge in [0.1, 0.15) is 35.6 Å². The van der Waals surface area contributed by atoms with Gasteiger partial charge in [0.15, 0.2) is 0 Å². The maximum atomic E-state index is 11.1. The fourth-order valence-corrected chi connectivity index (χ4v) is 4.51. The largest absolute Gasteiger partial charge is 0.494 e. The van der Waals surface area contributed by atoms with Gasteiger partial charge in [-0.1, -0.05) is 35.9 Å². The summed E-state index contributed by atoms with van der Waals surface area (Å²) in [5.41, 5.74) is 1.89. The highest BCUT2D eigenvalue weighted by Gasteiger charge is 2.44. The highest BCUT2D eigenvalue weighted by atomic mass is 35.5. The van der Waals surface area contributed by atoms with E-state index >= 15 is 0 Å². The van der Waals surface area contributed by atoms with Crippen LogP contribution < -0.4 is 4.74 Å². The lowest BCUT2D eigenvalue weighted by molar-refractivity contribution is -0.200. The van der Waals surface area contributed by atoms with E-state index in [1.54, 1.807) is 18.4 Å². The van der Waals surface area contributed by atoms with Crippen molar-refractivity contribution >= 4 is 29.3 Å². The van der Waals surface area contributed by atoms with Crippen LogP contribution in [0.1, 0.15) is 35.6 Å². The molecule has 7 nitrogen and oxygen atoms in total. The Hall–Kier alpha value is -1.81. The lowest BCUT2D eigenvalue weighted by Gasteiger charge is -2.40. The van der Waals surface area contributed by atoms with Gasteiger partial charge in [-0.3, -0.25) is 4.79 Å². The van der Waals surface area contributed by atoms with Crippen LogP contribution in [0, 0.1) is 0 Å². The normalized spacial score (nSPS) is 25.0. The Bertz CT molecular complexity index is 922. The van der Waals surface area contributed by atoms with Crippen molar-refractivity contribution in [1.29, 1.82) is 0 Å². The van der Waals surface area contributed by atoms with Crippen LogP contribution in [0.3, 0.4) is 0 Å². The van der Waals surface area contributed by atoms with Crippen molar-refractivity contribution < 1.29 is 34.3 Å². The Morgan fingerprint density at radius 2 is 1.82 bits per heavy atom. The fourth-order valence-electron chi connectivity index (χ4n) is 3.66. The van der Waals surface area contributed by atoms with Gasteiger partial charge in [-0.05, 0) is 54.0 Å². The van der Waals surface area contributed by atoms with E-state index < -0.39 is 29.9 Å². The van der Waals surface area contributed by atoms with Crippen molar-refractivity contribution in [3.63, 3.8) is 0 Å². The van der Waals surface area contributed by atoms with Crippen molar-refractivity contribution in [2.45, 2.75) is 49.1 Å². The minimum absolute atomic E-state index is 0.256. The molecule has 9 heteroatoms. The van der Waals surface area contributed by atoms with Gasteiger partial charge in [0.05, 0.1) is 13.7 Å². The van der Waals surface area contributed by atoms with Gasteiger partial charge in [-0.15, -0.1) is 11.8 Å². The number of benzene rings is 2. The number of methoxy groups -OCH3 is 1. The van der Waals surface area contributed by atoms with E-state index in [1.807, 2.05) is 30.3 Å². The summed E-state index contributed by atoms with van der Waals surface area (Å²) in [6.07, 6.45) is -1.29. The summed E-state index contributed by atoms with van der Waals surface area (Å²) in [6, 6.07) is 13.0. The summed E-state index contributed by atoms with van der Waals surface area (Å²) in [4.78, 5) is 11.1. The van der Waals surface area contributed by atoms with Crippen LogP contribution in [0.4, 0.5) is 0 Å². The van der Waals surface area contributed by atoms with Crippen molar-refractivity contribution in [1.82, 2.24) is 0 Å². The number of esters is 1. The summed E-state index contributed by atoms with van der Waals surface area (Å²) in [7, 11) is 1.36. The molecule has 1 aliphatic heterocycles. The molecule has 33 heavy (non-hydrogen) atoms. The molecule has 0 spiro atoms. The average Bonchev–Trinajstić information content (AvgIpc) is 2.83. The number of carbonyl (C=O) groups excluding carboxylic acids is 1. The highest BCUT2D eigenvalue weighted by Crippen LogP contribution is 2.37. The van der Waals surface area contributed by atoms with Crippen LogP contribution in [0.2, 0.25) is 5.02 Å². The number of rotatable bonds is 9. The molecule has 1 heterocycles. The Balaban J connectivity index is 1.66. The molecular formula is C24H29ClO7S. The molecular weight excluding hydrogens is 468 g/mol. The predicted octanol–water partition coefficient (Wildman–Crippen LogP) is 3.11. The molecule has 1 aliphatic rings. The average molecular weight is 497 g/mol. The molecule has 0 aromatic heterocycles. The third kappa shape index (κ3) is 6.62. The zero-order valence-electron chi connectivity index (χ0n) is 18.5. The van der Waals surface area contributed by atoms with E-state index in [4.69, 9.17) is 21.1 Å². The van der Waals surface area contributed by atoms with Gasteiger partial charge in [-0.25, -0.2) is 0 Å². The number of aliphatic hydroxyl groups is 3. The molecule has 3 N–H and O–H groups in total. The van der Waals surface area contributed by atoms with E-state index in [1.165, 1.54) is 18.9 Å². The van der Waals surface area contributed by atoms with Crippen LogP contribution >= 0.6 is 23.4 Å². The summed E-state index contributed by atoms with van der Waals surface area (Å²) >= 11 is 7.70. The summed E-state index contributed by atoms with van der Waals surface area (Å²) < 4.78 is 16.1. The van der Waals surface area contributed by atoms with Gasteiger partial charge in [0, 0.05) is 11.4 Å². The maximum Gasteiger partial charge on any atom is 0.305 e.